The highest BCUT2D eigenvalue weighted by Gasteiger charge is 2.52. The summed E-state index contributed by atoms with van der Waals surface area (Å²) in [5.74, 6) is 1.04. The minimum atomic E-state index is -0.406. The van der Waals surface area contributed by atoms with Crippen LogP contribution in [0.2, 0.25) is 0 Å². The number of hydrogen-bond acceptors (Lipinski definition) is 5. The number of aromatic nitrogens is 1. The van der Waals surface area contributed by atoms with Crippen LogP contribution in [0.4, 0.5) is 5.82 Å². The summed E-state index contributed by atoms with van der Waals surface area (Å²) in [6.07, 6.45) is 1.94. The highest BCUT2D eigenvalue weighted by Crippen LogP contribution is 2.38. The average Bonchev–Trinajstić information content (AvgIpc) is 2.54. The largest absolute Gasteiger partial charge is 0.491 e. The third-order valence-corrected chi connectivity index (χ3v) is 4.45. The van der Waals surface area contributed by atoms with Gasteiger partial charge in [-0.15, -0.1) is 0 Å². The average molecular weight is 306 g/mol. The molecule has 114 valence electrons. The number of rotatable bonds is 3. The molecule has 0 radical (unpaired) electrons. The fourth-order valence-electron chi connectivity index (χ4n) is 2.17. The van der Waals surface area contributed by atoms with E-state index in [0.29, 0.717) is 11.6 Å². The molecule has 21 heavy (non-hydrogen) atoms. The van der Waals surface area contributed by atoms with Crippen molar-refractivity contribution in [3.8, 4) is 0 Å². The first-order valence-corrected chi connectivity index (χ1v) is 7.69. The zero-order valence-corrected chi connectivity index (χ0v) is 14.2. The van der Waals surface area contributed by atoms with Gasteiger partial charge < -0.3 is 15.0 Å². The van der Waals surface area contributed by atoms with E-state index in [9.17, 15) is 0 Å². The maximum absolute atomic E-state index is 6.05. The lowest BCUT2D eigenvalue weighted by molar-refractivity contribution is 0.00578. The van der Waals surface area contributed by atoms with Crippen LogP contribution in [-0.2, 0) is 9.31 Å². The zero-order valence-electron chi connectivity index (χ0n) is 13.3. The minimum absolute atomic E-state index is 0.362. The Morgan fingerprint density at radius 3 is 2.33 bits per heavy atom. The first-order valence-electron chi connectivity index (χ1n) is 7.06. The van der Waals surface area contributed by atoms with Gasteiger partial charge in [0.2, 0.25) is 0 Å². The third-order valence-electron chi connectivity index (χ3n) is 4.08. The Hall–Kier alpha value is -0.975. The summed E-state index contributed by atoms with van der Waals surface area (Å²) in [5, 5.41) is 0. The lowest BCUT2D eigenvalue weighted by Crippen LogP contribution is -2.41. The Morgan fingerprint density at radius 1 is 1.29 bits per heavy atom. The number of nitrogens with zero attached hydrogens (tertiary/aromatic N) is 1. The van der Waals surface area contributed by atoms with Gasteiger partial charge in [0.15, 0.2) is 0 Å². The Labute approximate surface area is 132 Å². The predicted octanol–water partition coefficient (Wildman–Crippen LogP) is 2.92. The summed E-state index contributed by atoms with van der Waals surface area (Å²) >= 11 is 4.40. The van der Waals surface area contributed by atoms with Gasteiger partial charge in [-0.2, -0.15) is 12.6 Å². The molecule has 1 aromatic heterocycles. The second-order valence-corrected chi connectivity index (χ2v) is 6.78. The summed E-state index contributed by atoms with van der Waals surface area (Å²) in [4.78, 5) is 4.32. The Morgan fingerprint density at radius 2 is 1.86 bits per heavy atom. The van der Waals surface area contributed by atoms with Gasteiger partial charge in [-0.3, -0.25) is 0 Å². The highest BCUT2D eigenvalue weighted by molar-refractivity contribution is 7.80. The molecule has 0 aliphatic carbocycles. The van der Waals surface area contributed by atoms with E-state index in [0.717, 1.165) is 16.7 Å². The molecular formula is C15H23BN2O2S. The van der Waals surface area contributed by atoms with Crippen LogP contribution in [0, 0.1) is 6.92 Å². The molecule has 0 atom stereocenters. The quantitative estimate of drug-likeness (QED) is 0.666. The molecule has 0 amide bonds. The second-order valence-electron chi connectivity index (χ2n) is 6.46. The molecular weight excluding hydrogens is 283 g/mol. The van der Waals surface area contributed by atoms with E-state index in [1.54, 1.807) is 0 Å². The van der Waals surface area contributed by atoms with Gasteiger partial charge in [0, 0.05) is 5.75 Å². The van der Waals surface area contributed by atoms with Gasteiger partial charge in [0.25, 0.3) is 0 Å². The highest BCUT2D eigenvalue weighted by atomic mass is 32.1. The molecule has 2 N–H and O–H groups in total. The van der Waals surface area contributed by atoms with Gasteiger partial charge in [0.1, 0.15) is 5.82 Å². The summed E-state index contributed by atoms with van der Waals surface area (Å²) in [6.45, 7) is 10.1. The van der Waals surface area contributed by atoms with Crippen LogP contribution in [0.5, 0.6) is 0 Å². The molecule has 2 heterocycles. The van der Waals surface area contributed by atoms with Crippen molar-refractivity contribution >= 4 is 31.6 Å². The van der Waals surface area contributed by atoms with Gasteiger partial charge in [0.05, 0.1) is 16.9 Å². The summed E-state index contributed by atoms with van der Waals surface area (Å²) in [7, 11) is -0.406. The maximum Gasteiger partial charge on any atom is 0.491 e. The van der Waals surface area contributed by atoms with Gasteiger partial charge in [-0.1, -0.05) is 0 Å². The van der Waals surface area contributed by atoms with E-state index in [1.165, 1.54) is 0 Å². The molecule has 0 spiro atoms. The van der Waals surface area contributed by atoms with Crippen molar-refractivity contribution in [2.45, 2.75) is 45.8 Å². The van der Waals surface area contributed by atoms with Gasteiger partial charge in [-0.25, -0.2) is 4.98 Å². The molecule has 6 heteroatoms. The van der Waals surface area contributed by atoms with E-state index in [4.69, 9.17) is 15.0 Å². The van der Waals surface area contributed by atoms with Crippen LogP contribution in [0.1, 0.15) is 39.0 Å². The molecule has 1 saturated heterocycles. The van der Waals surface area contributed by atoms with Crippen molar-refractivity contribution in [3.05, 3.63) is 28.9 Å². The molecule has 1 aliphatic rings. The number of aryl methyl sites for hydroxylation is 1. The molecule has 0 unspecified atom stereocenters. The van der Waals surface area contributed by atoms with Crippen molar-refractivity contribution in [3.63, 3.8) is 0 Å². The smallest absolute Gasteiger partial charge is 0.400 e. The molecule has 1 aromatic rings. The number of hydrogen-bond donors (Lipinski definition) is 2. The Balaban J connectivity index is 2.30. The Kier molecular flexibility index (Phi) is 4.43. The molecule has 1 aliphatic heterocycles. The molecule has 2 rings (SSSR count). The lowest BCUT2D eigenvalue weighted by atomic mass is 9.78. The van der Waals surface area contributed by atoms with Crippen molar-refractivity contribution < 1.29 is 9.31 Å². The van der Waals surface area contributed by atoms with E-state index in [1.807, 2.05) is 52.8 Å². The summed E-state index contributed by atoms with van der Waals surface area (Å²) in [6, 6.07) is 3.82. The fraction of sp³-hybridized carbons (Fsp3) is 0.533. The Bertz CT molecular complexity index is 537. The summed E-state index contributed by atoms with van der Waals surface area (Å²) in [5.41, 5.74) is 7.88. The molecule has 0 bridgehead atoms. The van der Waals surface area contributed by atoms with E-state index < -0.39 is 7.12 Å². The predicted molar refractivity (Wildman–Crippen MR) is 91.3 cm³/mol. The van der Waals surface area contributed by atoms with Crippen LogP contribution in [-0.4, -0.2) is 29.1 Å². The van der Waals surface area contributed by atoms with Crippen molar-refractivity contribution in [2.75, 3.05) is 11.5 Å². The van der Waals surface area contributed by atoms with Gasteiger partial charge in [-0.05, 0) is 63.9 Å². The van der Waals surface area contributed by atoms with Crippen molar-refractivity contribution in [1.82, 2.24) is 4.98 Å². The van der Waals surface area contributed by atoms with Crippen LogP contribution in [0.15, 0.2) is 17.6 Å². The van der Waals surface area contributed by atoms with E-state index in [-0.39, 0.29) is 11.2 Å². The normalized spacial score (nSPS) is 20.9. The first-order chi connectivity index (χ1) is 9.64. The summed E-state index contributed by atoms with van der Waals surface area (Å²) < 4.78 is 12.1. The standard InChI is InChI=1S/C15H23BN2O2S/c1-10-6-12(18-13(17)7-10)8-11(9-21)16-19-14(2,3)15(4,5)20-16/h6-8,21H,9H2,1-5H3,(H2,17,18). The van der Waals surface area contributed by atoms with Crippen molar-refractivity contribution in [2.24, 2.45) is 0 Å². The van der Waals surface area contributed by atoms with Crippen LogP contribution < -0.4 is 5.73 Å². The van der Waals surface area contributed by atoms with E-state index in [2.05, 4.69) is 17.6 Å². The van der Waals surface area contributed by atoms with E-state index >= 15 is 0 Å². The first kappa shape index (κ1) is 16.4. The molecule has 0 aromatic carbocycles. The third kappa shape index (κ3) is 3.44. The number of nitrogen functional groups attached to an aromatic ring is 1. The second kappa shape index (κ2) is 5.67. The topological polar surface area (TPSA) is 57.4 Å². The van der Waals surface area contributed by atoms with Crippen LogP contribution >= 0.6 is 12.6 Å². The molecule has 4 nitrogen and oxygen atoms in total. The number of thiol groups is 1. The monoisotopic (exact) mass is 306 g/mol. The SMILES string of the molecule is Cc1cc(N)nc(C=C(CS)B2OC(C)(C)C(C)(C)O2)c1. The molecule has 1 fully saturated rings. The van der Waals surface area contributed by atoms with Crippen LogP contribution in [0.3, 0.4) is 0 Å². The minimum Gasteiger partial charge on any atom is -0.400 e. The molecule has 0 saturated carbocycles. The number of anilines is 1. The van der Waals surface area contributed by atoms with Gasteiger partial charge >= 0.3 is 7.12 Å². The number of pyridine rings is 1. The maximum atomic E-state index is 6.05. The zero-order chi connectivity index (χ0) is 15.8. The van der Waals surface area contributed by atoms with Crippen LogP contribution in [0.25, 0.3) is 6.08 Å². The number of nitrogens with two attached hydrogens (primary N) is 1. The van der Waals surface area contributed by atoms with Crippen molar-refractivity contribution in [1.29, 1.82) is 0 Å². The fourth-order valence-corrected chi connectivity index (χ4v) is 2.41. The lowest BCUT2D eigenvalue weighted by Gasteiger charge is -2.32.